The average Bonchev–Trinajstić information content (AvgIpc) is 2.49. The number of ether oxygens (including phenoxy) is 1. The molecule has 3 N–H and O–H groups in total. The van der Waals surface area contributed by atoms with Crippen LogP contribution in [0.2, 0.25) is 0 Å². The van der Waals surface area contributed by atoms with Gasteiger partial charge in [0.05, 0.1) is 18.4 Å². The molecule has 21 heavy (non-hydrogen) atoms. The molecule has 1 heterocycles. The zero-order valence-corrected chi connectivity index (χ0v) is 12.1. The van der Waals surface area contributed by atoms with E-state index in [9.17, 15) is 4.79 Å². The molecule has 6 nitrogen and oxygen atoms in total. The molecule has 0 aliphatic rings. The van der Waals surface area contributed by atoms with E-state index in [-0.39, 0.29) is 17.0 Å². The van der Waals surface area contributed by atoms with Gasteiger partial charge in [-0.25, -0.2) is 4.68 Å². The van der Waals surface area contributed by atoms with Crippen LogP contribution in [0.1, 0.15) is 18.9 Å². The highest BCUT2D eigenvalue weighted by Crippen LogP contribution is 2.20. The van der Waals surface area contributed by atoms with Gasteiger partial charge in [0.1, 0.15) is 11.6 Å². The number of benzene rings is 1. The summed E-state index contributed by atoms with van der Waals surface area (Å²) in [6.07, 6.45) is 0.774. The van der Waals surface area contributed by atoms with E-state index >= 15 is 0 Å². The van der Waals surface area contributed by atoms with Crippen molar-refractivity contribution in [2.75, 3.05) is 7.11 Å². The van der Waals surface area contributed by atoms with Crippen molar-refractivity contribution < 1.29 is 4.74 Å². The molecule has 0 spiro atoms. The number of nitrogens with one attached hydrogen (secondary N) is 1. The molecule has 0 amide bonds. The fourth-order valence-electron chi connectivity index (χ4n) is 2.00. The van der Waals surface area contributed by atoms with E-state index in [1.807, 2.05) is 31.2 Å². The first-order valence-corrected chi connectivity index (χ1v) is 6.67. The monoisotopic (exact) mass is 286 g/mol. The second-order valence-electron chi connectivity index (χ2n) is 4.61. The Morgan fingerprint density at radius 1 is 1.38 bits per heavy atom. The number of nitrogens with two attached hydrogens (primary N) is 1. The number of aromatic nitrogens is 2. The van der Waals surface area contributed by atoms with Crippen LogP contribution in [0.3, 0.4) is 0 Å². The topological polar surface area (TPSA) is 94.0 Å². The quantitative estimate of drug-likeness (QED) is 0.645. The Kier molecular flexibility index (Phi) is 4.37. The molecule has 2 aromatic rings. The molecule has 0 aliphatic carbocycles. The molecule has 0 unspecified atom stereocenters. The van der Waals surface area contributed by atoms with Crippen molar-refractivity contribution in [2.45, 2.75) is 19.9 Å². The normalized spacial score (nSPS) is 10.4. The summed E-state index contributed by atoms with van der Waals surface area (Å²) in [6, 6.07) is 8.90. The first-order valence-electron chi connectivity index (χ1n) is 6.67. The summed E-state index contributed by atoms with van der Waals surface area (Å²) in [5, 5.41) is 11.9. The summed E-state index contributed by atoms with van der Waals surface area (Å²) < 4.78 is 6.48. The van der Waals surface area contributed by atoms with Gasteiger partial charge in [0.2, 0.25) is 0 Å². The molecular formula is C15H18N4O2. The molecule has 0 saturated carbocycles. The van der Waals surface area contributed by atoms with Gasteiger partial charge in [0.15, 0.2) is 0 Å². The minimum atomic E-state index is -0.332. The Bertz CT molecular complexity index is 705. The van der Waals surface area contributed by atoms with Crippen molar-refractivity contribution in [3.63, 3.8) is 0 Å². The molecule has 6 heteroatoms. The van der Waals surface area contributed by atoms with Crippen LogP contribution in [-0.4, -0.2) is 22.7 Å². The lowest BCUT2D eigenvalue weighted by Crippen LogP contribution is -2.31. The van der Waals surface area contributed by atoms with E-state index in [2.05, 4.69) is 5.10 Å². The summed E-state index contributed by atoms with van der Waals surface area (Å²) >= 11 is 0. The maximum absolute atomic E-state index is 12.1. The molecule has 0 fully saturated rings. The summed E-state index contributed by atoms with van der Waals surface area (Å²) in [7, 11) is 1.60. The summed E-state index contributed by atoms with van der Waals surface area (Å²) in [6.45, 7) is 2.45. The van der Waals surface area contributed by atoms with Crippen LogP contribution in [0.15, 0.2) is 35.1 Å². The number of amidine groups is 1. The van der Waals surface area contributed by atoms with E-state index in [1.165, 1.54) is 4.68 Å². The predicted octanol–water partition coefficient (Wildman–Crippen LogP) is 1.61. The fourth-order valence-corrected chi connectivity index (χ4v) is 2.00. The first-order chi connectivity index (χ1) is 10.1. The van der Waals surface area contributed by atoms with E-state index < -0.39 is 0 Å². The van der Waals surface area contributed by atoms with Gasteiger partial charge in [-0.3, -0.25) is 10.2 Å². The Morgan fingerprint density at radius 3 is 2.57 bits per heavy atom. The molecule has 2 rings (SSSR count). The molecule has 110 valence electrons. The number of hydrogen-bond donors (Lipinski definition) is 2. The Balaban J connectivity index is 2.56. The van der Waals surface area contributed by atoms with Crippen molar-refractivity contribution in [1.29, 1.82) is 5.41 Å². The van der Waals surface area contributed by atoms with Crippen molar-refractivity contribution in [1.82, 2.24) is 9.78 Å². The first kappa shape index (κ1) is 14.8. The summed E-state index contributed by atoms with van der Waals surface area (Å²) in [5.74, 6) is 0.495. The molecule has 0 saturated heterocycles. The van der Waals surface area contributed by atoms with Gasteiger partial charge in [-0.15, -0.1) is 0 Å². The second-order valence-corrected chi connectivity index (χ2v) is 4.61. The largest absolute Gasteiger partial charge is 0.497 e. The van der Waals surface area contributed by atoms with E-state index in [4.69, 9.17) is 15.9 Å². The smallest absolute Gasteiger partial charge is 0.277 e. The molecular weight excluding hydrogens is 268 g/mol. The van der Waals surface area contributed by atoms with Crippen LogP contribution in [0.5, 0.6) is 5.75 Å². The SMILES string of the molecule is CCCn1nc(-c2ccc(OC)cc2)cc(C(=N)N)c1=O. The van der Waals surface area contributed by atoms with Crippen LogP contribution in [-0.2, 0) is 6.54 Å². The lowest BCUT2D eigenvalue weighted by atomic mass is 10.1. The van der Waals surface area contributed by atoms with Crippen LogP contribution in [0, 0.1) is 5.41 Å². The lowest BCUT2D eigenvalue weighted by molar-refractivity contribution is 0.415. The Labute approximate surface area is 122 Å². The van der Waals surface area contributed by atoms with Crippen LogP contribution in [0.4, 0.5) is 0 Å². The number of nitrogens with zero attached hydrogens (tertiary/aromatic N) is 2. The van der Waals surface area contributed by atoms with Gasteiger partial charge in [-0.05, 0) is 36.8 Å². The zero-order valence-electron chi connectivity index (χ0n) is 12.1. The highest BCUT2D eigenvalue weighted by Gasteiger charge is 2.11. The number of rotatable bonds is 5. The highest BCUT2D eigenvalue weighted by molar-refractivity contribution is 5.95. The molecule has 0 bridgehead atoms. The molecule has 1 aromatic heterocycles. The Morgan fingerprint density at radius 2 is 2.05 bits per heavy atom. The molecule has 0 radical (unpaired) electrons. The predicted molar refractivity (Wildman–Crippen MR) is 81.8 cm³/mol. The van der Waals surface area contributed by atoms with E-state index in [1.54, 1.807) is 13.2 Å². The molecule has 0 atom stereocenters. The number of hydrogen-bond acceptors (Lipinski definition) is 4. The van der Waals surface area contributed by atoms with Gasteiger partial charge < -0.3 is 10.5 Å². The number of methoxy groups -OCH3 is 1. The average molecular weight is 286 g/mol. The van der Waals surface area contributed by atoms with Crippen molar-refractivity contribution in [3.05, 3.63) is 46.2 Å². The maximum Gasteiger partial charge on any atom is 0.277 e. The van der Waals surface area contributed by atoms with Gasteiger partial charge >= 0.3 is 0 Å². The minimum absolute atomic E-state index is 0.171. The van der Waals surface area contributed by atoms with Crippen LogP contribution >= 0.6 is 0 Å². The third-order valence-electron chi connectivity index (χ3n) is 3.09. The maximum atomic E-state index is 12.1. The van der Waals surface area contributed by atoms with Crippen molar-refractivity contribution in [3.8, 4) is 17.0 Å². The van der Waals surface area contributed by atoms with Crippen LogP contribution < -0.4 is 16.0 Å². The number of nitrogen functional groups attached to an aromatic ring is 1. The third-order valence-corrected chi connectivity index (χ3v) is 3.09. The van der Waals surface area contributed by atoms with E-state index in [0.717, 1.165) is 17.7 Å². The summed E-state index contributed by atoms with van der Waals surface area (Å²) in [4.78, 5) is 12.1. The van der Waals surface area contributed by atoms with Gasteiger partial charge in [-0.1, -0.05) is 6.92 Å². The van der Waals surface area contributed by atoms with Gasteiger partial charge in [0, 0.05) is 12.1 Å². The van der Waals surface area contributed by atoms with Crippen molar-refractivity contribution >= 4 is 5.84 Å². The van der Waals surface area contributed by atoms with Crippen LogP contribution in [0.25, 0.3) is 11.3 Å². The fraction of sp³-hybridized carbons (Fsp3) is 0.267. The third kappa shape index (κ3) is 3.10. The second kappa shape index (κ2) is 6.21. The van der Waals surface area contributed by atoms with Crippen molar-refractivity contribution in [2.24, 2.45) is 5.73 Å². The molecule has 1 aromatic carbocycles. The summed E-state index contributed by atoms with van der Waals surface area (Å²) in [5.41, 5.74) is 6.78. The van der Waals surface area contributed by atoms with Gasteiger partial charge in [0.25, 0.3) is 5.56 Å². The van der Waals surface area contributed by atoms with Gasteiger partial charge in [-0.2, -0.15) is 5.10 Å². The lowest BCUT2D eigenvalue weighted by Gasteiger charge is -2.09. The zero-order chi connectivity index (χ0) is 15.4. The standard InChI is InChI=1S/C15H18N4O2/c1-3-8-19-15(20)12(14(16)17)9-13(18-19)10-4-6-11(21-2)7-5-10/h4-7,9H,3,8H2,1-2H3,(H3,16,17). The Hall–Kier alpha value is -2.63. The highest BCUT2D eigenvalue weighted by atomic mass is 16.5. The molecule has 0 aliphatic heterocycles. The van der Waals surface area contributed by atoms with E-state index in [0.29, 0.717) is 12.2 Å². The number of aryl methyl sites for hydroxylation is 1. The minimum Gasteiger partial charge on any atom is -0.497 e.